The van der Waals surface area contributed by atoms with Crippen molar-refractivity contribution >= 4 is 81.7 Å². The highest BCUT2D eigenvalue weighted by atomic mass is 32.1. The molecule has 4 nitrogen and oxygen atoms in total. The number of nitrogens with zero attached hydrogens (tertiary/aromatic N) is 3. The fraction of sp³-hybridized carbons (Fsp3) is 0. The first-order valence-corrected chi connectivity index (χ1v) is 15.9. The fourth-order valence-electron chi connectivity index (χ4n) is 5.50. The molecule has 208 valence electrons. The van der Waals surface area contributed by atoms with Crippen molar-refractivity contribution in [3.05, 3.63) is 150 Å². The van der Waals surface area contributed by atoms with Crippen molar-refractivity contribution in [2.75, 3.05) is 0 Å². The van der Waals surface area contributed by atoms with Gasteiger partial charge in [0, 0.05) is 48.5 Å². The van der Waals surface area contributed by atoms with Crippen LogP contribution < -0.4 is 0 Å². The number of rotatable bonds is 4. The lowest BCUT2D eigenvalue weighted by Gasteiger charge is -2.05. The van der Waals surface area contributed by atoms with Crippen molar-refractivity contribution in [3.8, 4) is 10.6 Å². The van der Waals surface area contributed by atoms with E-state index in [4.69, 9.17) is 10.4 Å². The Morgan fingerprint density at radius 1 is 0.636 bits per heavy atom. The van der Waals surface area contributed by atoms with E-state index in [2.05, 4.69) is 70.6 Å². The standard InChI is InChI=1S/C38H24N4S2/c39-36(42-37(25-12-5-2-6-13-25)40-23-24-10-3-1-4-11-24)27-18-20-28-26(22-27)19-21-33-34(28)41-38(44-33)31-16-9-15-30-29-14-7-8-17-32(29)43-35(30)31/h1-23,39H. The molecule has 6 aromatic carbocycles. The number of aromatic nitrogens is 1. The van der Waals surface area contributed by atoms with Crippen LogP contribution in [0.15, 0.2) is 143 Å². The second kappa shape index (κ2) is 11.1. The predicted molar refractivity (Wildman–Crippen MR) is 189 cm³/mol. The molecule has 1 N–H and O–H groups in total. The van der Waals surface area contributed by atoms with Crippen LogP contribution in [-0.2, 0) is 0 Å². The van der Waals surface area contributed by atoms with E-state index in [1.54, 1.807) is 17.6 Å². The molecule has 0 amide bonds. The zero-order valence-electron chi connectivity index (χ0n) is 23.4. The third-order valence-corrected chi connectivity index (χ3v) is 9.94. The van der Waals surface area contributed by atoms with Gasteiger partial charge in [-0.1, -0.05) is 115 Å². The summed E-state index contributed by atoms with van der Waals surface area (Å²) in [4.78, 5) is 14.5. The molecule has 6 heteroatoms. The highest BCUT2D eigenvalue weighted by molar-refractivity contribution is 7.27. The maximum Gasteiger partial charge on any atom is 0.161 e. The second-order valence-corrected chi connectivity index (χ2v) is 12.5. The Kier molecular flexibility index (Phi) is 6.63. The Bertz CT molecular complexity index is 2400. The minimum absolute atomic E-state index is 0.159. The van der Waals surface area contributed by atoms with Crippen molar-refractivity contribution in [1.29, 1.82) is 5.41 Å². The van der Waals surface area contributed by atoms with Crippen molar-refractivity contribution in [1.82, 2.24) is 4.98 Å². The predicted octanol–water partition coefficient (Wildman–Crippen LogP) is 10.4. The zero-order chi connectivity index (χ0) is 29.5. The molecule has 0 aliphatic carbocycles. The summed E-state index contributed by atoms with van der Waals surface area (Å²) in [6.07, 6.45) is 1.79. The molecule has 0 spiro atoms. The third kappa shape index (κ3) is 4.80. The van der Waals surface area contributed by atoms with Crippen molar-refractivity contribution in [3.63, 3.8) is 0 Å². The fourth-order valence-corrected chi connectivity index (χ4v) is 7.79. The highest BCUT2D eigenvalue weighted by Gasteiger charge is 2.15. The molecule has 8 rings (SSSR count). The van der Waals surface area contributed by atoms with Crippen LogP contribution in [0, 0.1) is 5.41 Å². The molecule has 0 aliphatic rings. The molecule has 0 bridgehead atoms. The lowest BCUT2D eigenvalue weighted by atomic mass is 10.1. The lowest BCUT2D eigenvalue weighted by Crippen LogP contribution is -2.04. The van der Waals surface area contributed by atoms with Gasteiger partial charge in [0.2, 0.25) is 0 Å². The number of thiophene rings is 1. The summed E-state index contributed by atoms with van der Waals surface area (Å²) >= 11 is 3.55. The first-order chi connectivity index (χ1) is 21.7. The molecule has 0 unspecified atom stereocenters. The van der Waals surface area contributed by atoms with E-state index in [9.17, 15) is 0 Å². The minimum Gasteiger partial charge on any atom is -0.282 e. The molecule has 0 saturated carbocycles. The van der Waals surface area contributed by atoms with Gasteiger partial charge in [-0.3, -0.25) is 5.41 Å². The quantitative estimate of drug-likeness (QED) is 0.159. The molecule has 2 aromatic heterocycles. The van der Waals surface area contributed by atoms with Crippen LogP contribution in [0.4, 0.5) is 0 Å². The summed E-state index contributed by atoms with van der Waals surface area (Å²) in [6.45, 7) is 0. The van der Waals surface area contributed by atoms with Crippen LogP contribution in [0.25, 0.3) is 51.7 Å². The summed E-state index contributed by atoms with van der Waals surface area (Å²) in [5, 5.41) is 14.6. The normalized spacial score (nSPS) is 12.2. The maximum atomic E-state index is 8.90. The summed E-state index contributed by atoms with van der Waals surface area (Å²) in [7, 11) is 0. The van der Waals surface area contributed by atoms with Gasteiger partial charge < -0.3 is 0 Å². The van der Waals surface area contributed by atoms with E-state index in [0.29, 0.717) is 5.84 Å². The van der Waals surface area contributed by atoms with Gasteiger partial charge in [0.15, 0.2) is 11.7 Å². The zero-order valence-corrected chi connectivity index (χ0v) is 25.1. The van der Waals surface area contributed by atoms with Gasteiger partial charge in [-0.25, -0.2) is 15.0 Å². The molecule has 0 fully saturated rings. The lowest BCUT2D eigenvalue weighted by molar-refractivity contribution is 1.40. The Balaban J connectivity index is 1.17. The summed E-state index contributed by atoms with van der Waals surface area (Å²) < 4.78 is 3.71. The van der Waals surface area contributed by atoms with Crippen LogP contribution >= 0.6 is 22.7 Å². The van der Waals surface area contributed by atoms with Crippen molar-refractivity contribution < 1.29 is 0 Å². The molecule has 0 aliphatic heterocycles. The average Bonchev–Trinajstić information content (AvgIpc) is 3.69. The van der Waals surface area contributed by atoms with E-state index in [1.165, 1.54) is 25.7 Å². The Morgan fingerprint density at radius 2 is 1.41 bits per heavy atom. The third-order valence-electron chi connectivity index (χ3n) is 7.67. The number of hydrogen-bond donors (Lipinski definition) is 1. The highest BCUT2D eigenvalue weighted by Crippen LogP contribution is 2.42. The van der Waals surface area contributed by atoms with Crippen LogP contribution in [0.5, 0.6) is 0 Å². The van der Waals surface area contributed by atoms with E-state index < -0.39 is 0 Å². The molecular weight excluding hydrogens is 577 g/mol. The maximum absolute atomic E-state index is 8.90. The summed E-state index contributed by atoms with van der Waals surface area (Å²) in [5.74, 6) is 0.654. The van der Waals surface area contributed by atoms with Gasteiger partial charge in [0.1, 0.15) is 5.01 Å². The van der Waals surface area contributed by atoms with Gasteiger partial charge in [0.25, 0.3) is 0 Å². The number of amidine groups is 2. The first-order valence-electron chi connectivity index (χ1n) is 14.3. The molecule has 0 saturated heterocycles. The van der Waals surface area contributed by atoms with E-state index >= 15 is 0 Å². The molecule has 44 heavy (non-hydrogen) atoms. The van der Waals surface area contributed by atoms with Crippen LogP contribution in [0.1, 0.15) is 16.7 Å². The average molecular weight is 601 g/mol. The number of nitrogens with one attached hydrogen (secondary N) is 1. The SMILES string of the molecule is N=C(N=C(N=Cc1ccccc1)c1ccccc1)c1ccc2c(ccc3sc(-c4cccc5c4sc4ccccc45)nc32)c1. The number of hydrogen-bond acceptors (Lipinski definition) is 4. The Labute approximate surface area is 261 Å². The summed E-state index contributed by atoms with van der Waals surface area (Å²) in [5.41, 5.74) is 4.72. The molecule has 0 atom stereocenters. The van der Waals surface area contributed by atoms with E-state index in [1.807, 2.05) is 84.1 Å². The first kappa shape index (κ1) is 26.3. The number of benzene rings is 6. The molecule has 8 aromatic rings. The van der Waals surface area contributed by atoms with Gasteiger partial charge in [-0.2, -0.15) is 0 Å². The molecule has 0 radical (unpaired) electrons. The second-order valence-electron chi connectivity index (χ2n) is 10.5. The van der Waals surface area contributed by atoms with Gasteiger partial charge in [-0.05, 0) is 29.1 Å². The van der Waals surface area contributed by atoms with Crippen LogP contribution in [0.2, 0.25) is 0 Å². The summed E-state index contributed by atoms with van der Waals surface area (Å²) in [6, 6.07) is 45.1. The van der Waals surface area contributed by atoms with Gasteiger partial charge in [0.05, 0.1) is 10.2 Å². The van der Waals surface area contributed by atoms with Crippen molar-refractivity contribution in [2.24, 2.45) is 9.98 Å². The number of thiazole rings is 1. The van der Waals surface area contributed by atoms with E-state index in [0.717, 1.165) is 42.7 Å². The monoisotopic (exact) mass is 600 g/mol. The molecular formula is C38H24N4S2. The largest absolute Gasteiger partial charge is 0.282 e. The molecule has 2 heterocycles. The number of aliphatic imine (C=N–C) groups is 2. The van der Waals surface area contributed by atoms with Crippen molar-refractivity contribution in [2.45, 2.75) is 0 Å². The van der Waals surface area contributed by atoms with Gasteiger partial charge >= 0.3 is 0 Å². The topological polar surface area (TPSA) is 61.5 Å². The Hall–Kier alpha value is -5.30. The van der Waals surface area contributed by atoms with E-state index in [-0.39, 0.29) is 5.84 Å². The van der Waals surface area contributed by atoms with Crippen LogP contribution in [-0.4, -0.2) is 22.9 Å². The Morgan fingerprint density at radius 3 is 2.27 bits per heavy atom. The smallest absolute Gasteiger partial charge is 0.161 e. The minimum atomic E-state index is 0.159. The van der Waals surface area contributed by atoms with Gasteiger partial charge in [-0.15, -0.1) is 22.7 Å². The number of fused-ring (bicyclic) bond motifs is 6. The van der Waals surface area contributed by atoms with Crippen LogP contribution in [0.3, 0.4) is 0 Å².